The first-order chi connectivity index (χ1) is 8.65. The highest BCUT2D eigenvalue weighted by atomic mass is 32.2. The summed E-state index contributed by atoms with van der Waals surface area (Å²) in [6.45, 7) is -0.287. The number of carbonyl (C=O) groups excluding carboxylic acids is 1. The van der Waals surface area contributed by atoms with Crippen molar-refractivity contribution in [2.75, 3.05) is 6.61 Å². The zero-order valence-electron chi connectivity index (χ0n) is 9.92. The second kappa shape index (κ2) is 5.62. The number of esters is 1. The van der Waals surface area contributed by atoms with Gasteiger partial charge in [0.25, 0.3) is 0 Å². The van der Waals surface area contributed by atoms with E-state index < -0.39 is 33.9 Å². The molecule has 106 valence electrons. The van der Waals surface area contributed by atoms with Crippen molar-refractivity contribution in [2.24, 2.45) is 0 Å². The van der Waals surface area contributed by atoms with Crippen molar-refractivity contribution in [2.45, 2.75) is 18.1 Å². The van der Waals surface area contributed by atoms with E-state index in [2.05, 4.69) is 4.74 Å². The van der Waals surface area contributed by atoms with E-state index in [4.69, 9.17) is 4.55 Å². The Labute approximate surface area is 108 Å². The maximum Gasteiger partial charge on any atom is 0.402 e. The van der Waals surface area contributed by atoms with E-state index in [0.29, 0.717) is 5.56 Å². The summed E-state index contributed by atoms with van der Waals surface area (Å²) in [6, 6.07) is 8.24. The van der Waals surface area contributed by atoms with E-state index in [1.807, 2.05) is 0 Å². The fourth-order valence-corrected chi connectivity index (χ4v) is 1.44. The molecule has 1 aromatic rings. The van der Waals surface area contributed by atoms with E-state index in [0.717, 1.165) is 0 Å². The Bertz CT molecular complexity index is 541. The smallest absolute Gasteiger partial charge is 0.402 e. The number of hydrogen-bond acceptors (Lipinski definition) is 4. The maximum absolute atomic E-state index is 12.8. The molecule has 0 aliphatic carbocycles. The fraction of sp³-hybridized carbons (Fsp3) is 0.364. The molecule has 1 aromatic carbocycles. The van der Waals surface area contributed by atoms with Gasteiger partial charge in [-0.05, 0) is 12.5 Å². The van der Waals surface area contributed by atoms with E-state index in [9.17, 15) is 22.0 Å². The van der Waals surface area contributed by atoms with Gasteiger partial charge < -0.3 is 4.74 Å². The Morgan fingerprint density at radius 3 is 2.37 bits per heavy atom. The van der Waals surface area contributed by atoms with Crippen LogP contribution in [0, 0.1) is 0 Å². The predicted molar refractivity (Wildman–Crippen MR) is 62.3 cm³/mol. The lowest BCUT2D eigenvalue weighted by Crippen LogP contribution is -2.35. The summed E-state index contributed by atoms with van der Waals surface area (Å²) < 4.78 is 58.8. The number of alkyl halides is 2. The van der Waals surface area contributed by atoms with Gasteiger partial charge in [-0.1, -0.05) is 30.3 Å². The standard InChI is InChI=1S/C11H12F2O5S/c1-8(9-5-3-2-4-6-9)10(14)18-7-11(12,13)19(15,16)17/h2-6,8H,7H2,1H3,(H,15,16,17). The number of benzene rings is 1. The zero-order chi connectivity index (χ0) is 14.7. The van der Waals surface area contributed by atoms with Crippen LogP contribution in [0.4, 0.5) is 8.78 Å². The van der Waals surface area contributed by atoms with Crippen LogP contribution in [0.5, 0.6) is 0 Å². The molecular formula is C11H12F2O5S. The molecule has 0 radical (unpaired) electrons. The first-order valence-corrected chi connectivity index (χ1v) is 6.65. The van der Waals surface area contributed by atoms with Gasteiger partial charge in [0, 0.05) is 0 Å². The van der Waals surface area contributed by atoms with Crippen molar-refractivity contribution in [1.29, 1.82) is 0 Å². The quantitative estimate of drug-likeness (QED) is 0.661. The molecule has 0 fully saturated rings. The highest BCUT2D eigenvalue weighted by Crippen LogP contribution is 2.23. The van der Waals surface area contributed by atoms with Crippen molar-refractivity contribution in [3.05, 3.63) is 35.9 Å². The van der Waals surface area contributed by atoms with Crippen LogP contribution >= 0.6 is 0 Å². The Morgan fingerprint density at radius 2 is 1.89 bits per heavy atom. The van der Waals surface area contributed by atoms with Crippen LogP contribution in [0.25, 0.3) is 0 Å². The lowest BCUT2D eigenvalue weighted by atomic mass is 10.0. The highest BCUT2D eigenvalue weighted by molar-refractivity contribution is 7.86. The molecule has 0 saturated heterocycles. The van der Waals surface area contributed by atoms with Crippen LogP contribution in [0.15, 0.2) is 30.3 Å². The van der Waals surface area contributed by atoms with Gasteiger partial charge in [0.1, 0.15) is 0 Å². The minimum atomic E-state index is -5.60. The normalized spacial score (nSPS) is 13.9. The molecule has 0 amide bonds. The number of ether oxygens (including phenoxy) is 1. The largest absolute Gasteiger partial charge is 0.457 e. The molecule has 0 aromatic heterocycles. The predicted octanol–water partition coefficient (Wildman–Crippen LogP) is 1.81. The minimum absolute atomic E-state index is 0.544. The van der Waals surface area contributed by atoms with Crippen LogP contribution in [-0.4, -0.2) is 30.8 Å². The Hall–Kier alpha value is -1.54. The van der Waals surface area contributed by atoms with Crippen molar-refractivity contribution in [1.82, 2.24) is 0 Å². The monoisotopic (exact) mass is 294 g/mol. The molecule has 1 N–H and O–H groups in total. The SMILES string of the molecule is CC(C(=O)OCC(F)(F)S(=O)(=O)O)c1ccccc1. The summed E-state index contributed by atoms with van der Waals surface area (Å²) in [5.74, 6) is -1.83. The van der Waals surface area contributed by atoms with Gasteiger partial charge in [0.2, 0.25) is 0 Å². The third-order valence-electron chi connectivity index (χ3n) is 2.41. The molecule has 0 heterocycles. The second-order valence-electron chi connectivity index (χ2n) is 3.85. The molecule has 0 aliphatic heterocycles. The van der Waals surface area contributed by atoms with E-state index in [1.54, 1.807) is 30.3 Å². The minimum Gasteiger partial charge on any atom is -0.457 e. The van der Waals surface area contributed by atoms with E-state index in [1.165, 1.54) is 6.92 Å². The summed E-state index contributed by atoms with van der Waals surface area (Å²) in [4.78, 5) is 11.5. The summed E-state index contributed by atoms with van der Waals surface area (Å²) in [6.07, 6.45) is 0. The van der Waals surface area contributed by atoms with Gasteiger partial charge in [-0.2, -0.15) is 17.2 Å². The van der Waals surface area contributed by atoms with Gasteiger partial charge >= 0.3 is 21.3 Å². The summed E-state index contributed by atoms with van der Waals surface area (Å²) >= 11 is 0. The van der Waals surface area contributed by atoms with Gasteiger partial charge in [0.15, 0.2) is 6.61 Å². The van der Waals surface area contributed by atoms with Crippen LogP contribution in [-0.2, 0) is 19.6 Å². The molecule has 1 unspecified atom stereocenters. The average molecular weight is 294 g/mol. The Morgan fingerprint density at radius 1 is 1.37 bits per heavy atom. The molecule has 0 bridgehead atoms. The summed E-state index contributed by atoms with van der Waals surface area (Å²) in [5, 5.41) is -4.51. The Kier molecular flexibility index (Phi) is 4.59. The summed E-state index contributed by atoms with van der Waals surface area (Å²) in [5.41, 5.74) is 0.544. The van der Waals surface area contributed by atoms with Crippen molar-refractivity contribution in [3.63, 3.8) is 0 Å². The molecule has 0 saturated carbocycles. The topological polar surface area (TPSA) is 80.7 Å². The fourth-order valence-electron chi connectivity index (χ4n) is 1.23. The first-order valence-electron chi connectivity index (χ1n) is 5.21. The second-order valence-corrected chi connectivity index (χ2v) is 5.40. The third kappa shape index (κ3) is 3.97. The third-order valence-corrected chi connectivity index (χ3v) is 3.29. The zero-order valence-corrected chi connectivity index (χ0v) is 10.7. The molecule has 1 atom stereocenters. The van der Waals surface area contributed by atoms with Gasteiger partial charge in [-0.3, -0.25) is 9.35 Å². The number of carbonyl (C=O) groups is 1. The molecule has 0 spiro atoms. The number of hydrogen-bond donors (Lipinski definition) is 1. The van der Waals surface area contributed by atoms with E-state index in [-0.39, 0.29) is 0 Å². The lowest BCUT2D eigenvalue weighted by molar-refractivity contribution is -0.151. The van der Waals surface area contributed by atoms with Gasteiger partial charge in [0.05, 0.1) is 5.92 Å². The molecule has 19 heavy (non-hydrogen) atoms. The van der Waals surface area contributed by atoms with Crippen LogP contribution in [0.1, 0.15) is 18.4 Å². The highest BCUT2D eigenvalue weighted by Gasteiger charge is 2.45. The summed E-state index contributed by atoms with van der Waals surface area (Å²) in [7, 11) is -5.60. The van der Waals surface area contributed by atoms with E-state index >= 15 is 0 Å². The number of halogens is 2. The van der Waals surface area contributed by atoms with Gasteiger partial charge in [-0.25, -0.2) is 0 Å². The van der Waals surface area contributed by atoms with Crippen LogP contribution in [0.3, 0.4) is 0 Å². The number of rotatable bonds is 5. The molecule has 1 rings (SSSR count). The lowest BCUT2D eigenvalue weighted by Gasteiger charge is -2.15. The van der Waals surface area contributed by atoms with Crippen LogP contribution in [0.2, 0.25) is 0 Å². The first kappa shape index (κ1) is 15.5. The molecule has 5 nitrogen and oxygen atoms in total. The van der Waals surface area contributed by atoms with Crippen molar-refractivity contribution in [3.8, 4) is 0 Å². The molecule has 8 heteroatoms. The Balaban J connectivity index is 2.67. The van der Waals surface area contributed by atoms with Crippen LogP contribution < -0.4 is 0 Å². The molecular weight excluding hydrogens is 282 g/mol. The van der Waals surface area contributed by atoms with Crippen molar-refractivity contribution >= 4 is 16.1 Å². The van der Waals surface area contributed by atoms with Gasteiger partial charge in [-0.15, -0.1) is 0 Å². The van der Waals surface area contributed by atoms with Crippen molar-refractivity contribution < 1.29 is 31.3 Å². The average Bonchev–Trinajstić information content (AvgIpc) is 2.35. The maximum atomic E-state index is 12.8. The molecule has 0 aliphatic rings.